The molecule has 43 heavy (non-hydrogen) atoms. The number of ether oxygens (including phenoxy) is 2. The predicted octanol–water partition coefficient (Wildman–Crippen LogP) is 6.06. The van der Waals surface area contributed by atoms with Gasteiger partial charge in [-0.3, -0.25) is 14.6 Å². The first-order valence-corrected chi connectivity index (χ1v) is 17.1. The summed E-state index contributed by atoms with van der Waals surface area (Å²) in [5, 5.41) is 12.9. The minimum absolute atomic E-state index is 0.115. The molecule has 1 spiro atoms. The average Bonchev–Trinajstić information content (AvgIpc) is 3.73. The Bertz CT molecular complexity index is 1330. The first-order chi connectivity index (χ1) is 20.8. The molecule has 232 valence electrons. The lowest BCUT2D eigenvalue weighted by molar-refractivity contribution is -0.202. The third-order valence-electron chi connectivity index (χ3n) is 11.5. The molecule has 2 heterocycles. The molecule has 1 saturated heterocycles. The molecule has 2 aromatic rings. The van der Waals surface area contributed by atoms with E-state index in [-0.39, 0.29) is 24.2 Å². The van der Waals surface area contributed by atoms with Gasteiger partial charge in [-0.25, -0.2) is 0 Å². The molecule has 5 atom stereocenters. The molecule has 7 rings (SSSR count). The fraction of sp³-hybridized carbons (Fsp3) is 0.649. The van der Waals surface area contributed by atoms with Crippen molar-refractivity contribution in [2.75, 3.05) is 19.6 Å². The van der Waals surface area contributed by atoms with Gasteiger partial charge in [-0.15, -0.1) is 0 Å². The highest BCUT2D eigenvalue weighted by molar-refractivity contribution is 5.72. The first-order valence-electron chi connectivity index (χ1n) is 17.1. The number of rotatable bonds is 12. The van der Waals surface area contributed by atoms with Gasteiger partial charge in [0.15, 0.2) is 11.5 Å². The van der Waals surface area contributed by atoms with Crippen LogP contribution in [0.15, 0.2) is 42.5 Å². The van der Waals surface area contributed by atoms with Crippen LogP contribution in [-0.4, -0.2) is 70.3 Å². The Morgan fingerprint density at radius 3 is 2.60 bits per heavy atom. The molecule has 3 aliphatic carbocycles. The van der Waals surface area contributed by atoms with Gasteiger partial charge in [0, 0.05) is 37.2 Å². The molecule has 6 heteroatoms. The van der Waals surface area contributed by atoms with Crippen LogP contribution in [0.4, 0.5) is 0 Å². The van der Waals surface area contributed by atoms with E-state index in [1.165, 1.54) is 56.6 Å². The minimum Gasteiger partial charge on any atom is -0.483 e. The summed E-state index contributed by atoms with van der Waals surface area (Å²) in [6.07, 6.45) is 12.0. The van der Waals surface area contributed by atoms with Crippen molar-refractivity contribution in [2.24, 2.45) is 5.92 Å². The Labute approximate surface area is 257 Å². The molecule has 0 aromatic heterocycles. The Hall–Kier alpha value is -2.41. The van der Waals surface area contributed by atoms with E-state index >= 15 is 0 Å². The number of nitrogens with zero attached hydrogens (tertiary/aromatic N) is 2. The van der Waals surface area contributed by atoms with Crippen molar-refractivity contribution in [3.05, 3.63) is 59.2 Å². The number of hydrogen-bond acceptors (Lipinski definition) is 6. The lowest BCUT2D eigenvalue weighted by Crippen LogP contribution is -2.78. The van der Waals surface area contributed by atoms with Crippen LogP contribution in [0.3, 0.4) is 0 Å². The minimum atomic E-state index is -0.839. The maximum Gasteiger partial charge on any atom is 0.308 e. The van der Waals surface area contributed by atoms with Crippen LogP contribution in [-0.2, 0) is 23.1 Å². The average molecular weight is 587 g/mol. The summed E-state index contributed by atoms with van der Waals surface area (Å²) < 4.78 is 12.8. The quantitative estimate of drug-likeness (QED) is 0.185. The molecule has 0 amide bonds. The molecule has 3 fully saturated rings. The third kappa shape index (κ3) is 5.02. The van der Waals surface area contributed by atoms with E-state index in [2.05, 4.69) is 60.0 Å². The van der Waals surface area contributed by atoms with Gasteiger partial charge in [-0.1, -0.05) is 49.2 Å². The summed E-state index contributed by atoms with van der Waals surface area (Å²) in [6, 6.07) is 15.6. The zero-order chi connectivity index (χ0) is 29.8. The van der Waals surface area contributed by atoms with E-state index < -0.39 is 11.0 Å². The summed E-state index contributed by atoms with van der Waals surface area (Å²) >= 11 is 0. The normalized spacial score (nSPS) is 30.8. The van der Waals surface area contributed by atoms with Crippen LogP contribution in [0, 0.1) is 5.92 Å². The largest absolute Gasteiger partial charge is 0.483 e. The SMILES string of the molecule is CC(=O)Oc1ccc2c3c1OC1C(N(CCCCCCc4ccccc4)C(C)C)CC[C@@]4(O)[C@@H](C2)N(CC2CC2)CC[C@]314. The summed E-state index contributed by atoms with van der Waals surface area (Å²) in [6.45, 7) is 9.22. The van der Waals surface area contributed by atoms with Crippen LogP contribution in [0.5, 0.6) is 11.5 Å². The van der Waals surface area contributed by atoms with Gasteiger partial charge in [0.2, 0.25) is 0 Å². The summed E-state index contributed by atoms with van der Waals surface area (Å²) in [5.41, 5.74) is 2.55. The number of hydrogen-bond donors (Lipinski definition) is 1. The number of likely N-dealkylation sites (tertiary alicyclic amines) is 1. The van der Waals surface area contributed by atoms with Gasteiger partial charge >= 0.3 is 5.97 Å². The number of unbranched alkanes of at least 4 members (excludes halogenated alkanes) is 3. The Morgan fingerprint density at radius 2 is 1.86 bits per heavy atom. The fourth-order valence-corrected chi connectivity index (χ4v) is 9.45. The molecular weight excluding hydrogens is 536 g/mol. The van der Waals surface area contributed by atoms with Gasteiger partial charge in [0.1, 0.15) is 6.10 Å². The number of piperidine rings is 1. The monoisotopic (exact) mass is 586 g/mol. The topological polar surface area (TPSA) is 62.2 Å². The van der Waals surface area contributed by atoms with E-state index in [1.807, 2.05) is 6.07 Å². The molecular formula is C37H50N2O4. The number of aryl methyl sites for hydroxylation is 1. The van der Waals surface area contributed by atoms with Crippen LogP contribution >= 0.6 is 0 Å². The van der Waals surface area contributed by atoms with Crippen LogP contribution in [0.2, 0.25) is 0 Å². The van der Waals surface area contributed by atoms with Crippen molar-refractivity contribution in [1.82, 2.24) is 9.80 Å². The summed E-state index contributed by atoms with van der Waals surface area (Å²) in [7, 11) is 0. The highest BCUT2D eigenvalue weighted by Crippen LogP contribution is 2.66. The predicted molar refractivity (Wildman–Crippen MR) is 169 cm³/mol. The number of esters is 1. The molecule has 2 bridgehead atoms. The Balaban J connectivity index is 1.14. The summed E-state index contributed by atoms with van der Waals surface area (Å²) in [4.78, 5) is 17.4. The summed E-state index contributed by atoms with van der Waals surface area (Å²) in [5.74, 6) is 1.70. The lowest BCUT2D eigenvalue weighted by Gasteiger charge is -2.65. The van der Waals surface area contributed by atoms with E-state index in [4.69, 9.17) is 9.47 Å². The maximum atomic E-state index is 12.9. The number of benzene rings is 2. The van der Waals surface area contributed by atoms with Gasteiger partial charge in [0.05, 0.1) is 11.0 Å². The van der Waals surface area contributed by atoms with Crippen molar-refractivity contribution in [2.45, 2.75) is 127 Å². The molecule has 2 unspecified atom stereocenters. The fourth-order valence-electron chi connectivity index (χ4n) is 9.45. The maximum absolute atomic E-state index is 12.9. The van der Waals surface area contributed by atoms with Crippen LogP contribution in [0.1, 0.15) is 95.2 Å². The van der Waals surface area contributed by atoms with Gasteiger partial charge in [-0.2, -0.15) is 0 Å². The standard InChI is InChI=1S/C37H50N2O4/c1-25(2)39(21-10-5-4-7-11-27-12-8-6-9-13-27)30-18-19-37(41)32-23-29-16-17-31(42-26(3)40)34-33(29)36(37,35(30)43-34)20-22-38(32)24-28-14-15-28/h6,8-9,12-13,16-17,25,28,30,32,35,41H,4-5,7,10-11,14-15,18-24H2,1-3H3/t30?,32-,35?,36+,37-/m1/s1. The Morgan fingerprint density at radius 1 is 1.07 bits per heavy atom. The zero-order valence-corrected chi connectivity index (χ0v) is 26.4. The highest BCUT2D eigenvalue weighted by atomic mass is 16.6. The van der Waals surface area contributed by atoms with Crippen molar-refractivity contribution in [3.8, 4) is 11.5 Å². The number of carbonyl (C=O) groups excluding carboxylic acids is 1. The number of aliphatic hydroxyl groups is 1. The number of carbonyl (C=O) groups is 1. The molecule has 2 aromatic carbocycles. The van der Waals surface area contributed by atoms with Crippen molar-refractivity contribution in [1.29, 1.82) is 0 Å². The van der Waals surface area contributed by atoms with Gasteiger partial charge in [-0.05, 0) is 108 Å². The van der Waals surface area contributed by atoms with Crippen molar-refractivity contribution < 1.29 is 19.4 Å². The zero-order valence-electron chi connectivity index (χ0n) is 26.4. The van der Waals surface area contributed by atoms with Gasteiger partial charge < -0.3 is 14.6 Å². The third-order valence-corrected chi connectivity index (χ3v) is 11.5. The molecule has 0 radical (unpaired) electrons. The van der Waals surface area contributed by atoms with E-state index in [0.29, 0.717) is 11.8 Å². The van der Waals surface area contributed by atoms with Crippen molar-refractivity contribution >= 4 is 5.97 Å². The molecule has 2 aliphatic heterocycles. The molecule has 2 saturated carbocycles. The van der Waals surface area contributed by atoms with E-state index in [1.54, 1.807) is 0 Å². The van der Waals surface area contributed by atoms with Gasteiger partial charge in [0.25, 0.3) is 0 Å². The van der Waals surface area contributed by atoms with E-state index in [9.17, 15) is 9.90 Å². The van der Waals surface area contributed by atoms with Crippen molar-refractivity contribution in [3.63, 3.8) is 0 Å². The van der Waals surface area contributed by atoms with Crippen LogP contribution in [0.25, 0.3) is 0 Å². The second kappa shape index (κ2) is 11.5. The highest BCUT2D eigenvalue weighted by Gasteiger charge is 2.73. The van der Waals surface area contributed by atoms with Crippen LogP contribution < -0.4 is 9.47 Å². The second-order valence-corrected chi connectivity index (χ2v) is 14.5. The Kier molecular flexibility index (Phi) is 7.84. The smallest absolute Gasteiger partial charge is 0.308 e. The molecule has 1 N–H and O–H groups in total. The lowest BCUT2D eigenvalue weighted by atomic mass is 9.48. The second-order valence-electron chi connectivity index (χ2n) is 14.5. The van der Waals surface area contributed by atoms with E-state index in [0.717, 1.165) is 69.0 Å². The molecule has 5 aliphatic rings. The molecule has 6 nitrogen and oxygen atoms in total. The first kappa shape index (κ1) is 29.3.